The average molecular weight is 399 g/mol. The van der Waals surface area contributed by atoms with Gasteiger partial charge in [-0.1, -0.05) is 6.61 Å². The van der Waals surface area contributed by atoms with Crippen molar-refractivity contribution in [2.24, 2.45) is 10.7 Å². The Morgan fingerprint density at radius 3 is 2.75 bits per heavy atom. The van der Waals surface area contributed by atoms with E-state index in [1.165, 1.54) is 12.3 Å². The van der Waals surface area contributed by atoms with Gasteiger partial charge < -0.3 is 35.2 Å². The van der Waals surface area contributed by atoms with E-state index >= 15 is 0 Å². The summed E-state index contributed by atoms with van der Waals surface area (Å²) in [5.41, 5.74) is 6.95. The van der Waals surface area contributed by atoms with Gasteiger partial charge in [0.15, 0.2) is 5.96 Å². The first-order valence-electron chi connectivity index (χ1n) is 5.15. The predicted octanol–water partition coefficient (Wildman–Crippen LogP) is -2.06. The van der Waals surface area contributed by atoms with Crippen LogP contribution in [0.2, 0.25) is 0 Å². The molecule has 7 nitrogen and oxygen atoms in total. The van der Waals surface area contributed by atoms with Gasteiger partial charge in [-0.25, -0.2) is 14.8 Å². The van der Waals surface area contributed by atoms with E-state index in [4.69, 9.17) is 10.8 Å². The summed E-state index contributed by atoms with van der Waals surface area (Å²) in [5.74, 6) is -0.724. The summed E-state index contributed by atoms with van der Waals surface area (Å²) in [6.07, 6.45) is 1.44. The van der Waals surface area contributed by atoms with E-state index < -0.39 is 5.97 Å². The molecule has 0 amide bonds. The fourth-order valence-electron chi connectivity index (χ4n) is 1.21. The van der Waals surface area contributed by atoms with Crippen molar-refractivity contribution < 1.29 is 83.5 Å². The molecule has 1 aliphatic heterocycles. The van der Waals surface area contributed by atoms with Crippen LogP contribution in [0.25, 0.3) is 0 Å². The van der Waals surface area contributed by atoms with E-state index in [1.807, 2.05) is 0 Å². The maximum absolute atomic E-state index is 10.6. The molecule has 4 N–H and O–H groups in total. The Labute approximate surface area is 177 Å². The van der Waals surface area contributed by atoms with Crippen LogP contribution in [0.3, 0.4) is 0 Å². The van der Waals surface area contributed by atoms with Crippen LogP contribution in [-0.4, -0.2) is 35.7 Å². The summed E-state index contributed by atoms with van der Waals surface area (Å²) in [4.78, 5) is 18.3. The molecule has 1 aromatic rings. The van der Waals surface area contributed by atoms with Gasteiger partial charge in [0, 0.05) is 12.7 Å². The number of carbonyl (C=O) groups is 1. The SMILES string of the molecule is NC1=NCc2cc(C(=O)O)ncc2N1.[CH2-]COC.[CH3-].[Cs+]. The molecule has 2 heterocycles. The van der Waals surface area contributed by atoms with Crippen LogP contribution in [0.15, 0.2) is 17.3 Å². The molecule has 106 valence electrons. The molecule has 0 spiro atoms. The number of carboxylic acids is 1. The van der Waals surface area contributed by atoms with Crippen LogP contribution >= 0.6 is 0 Å². The number of carboxylic acid groups (broad SMARTS) is 1. The second-order valence-corrected chi connectivity index (χ2v) is 3.35. The molecule has 2 rings (SSSR count). The number of pyridine rings is 1. The Morgan fingerprint density at radius 2 is 2.25 bits per heavy atom. The number of nitrogens with two attached hydrogens (primary N) is 1. The first-order valence-corrected chi connectivity index (χ1v) is 5.15. The van der Waals surface area contributed by atoms with E-state index in [9.17, 15) is 4.79 Å². The van der Waals surface area contributed by atoms with Crippen molar-refractivity contribution in [3.63, 3.8) is 0 Å². The summed E-state index contributed by atoms with van der Waals surface area (Å²) >= 11 is 0. The number of nitrogens with one attached hydrogen (secondary N) is 1. The van der Waals surface area contributed by atoms with Crippen molar-refractivity contribution in [3.05, 3.63) is 37.9 Å². The molecule has 0 saturated carbocycles. The van der Waals surface area contributed by atoms with Gasteiger partial charge >= 0.3 is 74.9 Å². The van der Waals surface area contributed by atoms with Crippen LogP contribution < -0.4 is 79.9 Å². The van der Waals surface area contributed by atoms with Crippen molar-refractivity contribution in [3.8, 4) is 0 Å². The summed E-state index contributed by atoms with van der Waals surface area (Å²) in [5, 5.41) is 11.5. The van der Waals surface area contributed by atoms with E-state index in [0.29, 0.717) is 24.8 Å². The van der Waals surface area contributed by atoms with Crippen molar-refractivity contribution in [2.45, 2.75) is 6.54 Å². The number of rotatable bonds is 2. The summed E-state index contributed by atoms with van der Waals surface area (Å²) in [7, 11) is 1.62. The molecule has 1 aliphatic rings. The predicted molar refractivity (Wildman–Crippen MR) is 73.8 cm³/mol. The smallest absolute Gasteiger partial charge is 0.477 e. The Balaban J connectivity index is 0. The molecule has 0 radical (unpaired) electrons. The zero-order valence-electron chi connectivity index (χ0n) is 12.0. The van der Waals surface area contributed by atoms with Gasteiger partial charge in [0.2, 0.25) is 0 Å². The number of anilines is 1. The van der Waals surface area contributed by atoms with Crippen LogP contribution in [0.5, 0.6) is 0 Å². The molecule has 0 aromatic carbocycles. The molecule has 1 aromatic heterocycles. The number of aromatic carboxylic acids is 1. The summed E-state index contributed by atoms with van der Waals surface area (Å²) in [6.45, 7) is 4.34. The van der Waals surface area contributed by atoms with Gasteiger partial charge in [0.1, 0.15) is 5.69 Å². The summed E-state index contributed by atoms with van der Waals surface area (Å²) < 4.78 is 4.43. The number of aliphatic imine (C=N–C) groups is 1. The maximum atomic E-state index is 10.6. The van der Waals surface area contributed by atoms with Gasteiger partial charge in [-0.05, 0) is 6.07 Å². The van der Waals surface area contributed by atoms with E-state index in [0.717, 1.165) is 5.56 Å². The molecule has 8 heteroatoms. The minimum atomic E-state index is -1.05. The van der Waals surface area contributed by atoms with Gasteiger partial charge in [-0.15, -0.1) is 0 Å². The van der Waals surface area contributed by atoms with Crippen LogP contribution in [-0.2, 0) is 11.3 Å². The number of aromatic nitrogens is 1. The molecule has 0 bridgehead atoms. The quantitative estimate of drug-likeness (QED) is 0.494. The first kappa shape index (κ1) is 22.2. The number of guanidine groups is 1. The molecule has 0 saturated heterocycles. The zero-order chi connectivity index (χ0) is 13.5. The Hall–Kier alpha value is -0.0981. The largest absolute Gasteiger partial charge is 1.00 e. The van der Waals surface area contributed by atoms with Gasteiger partial charge in [-0.3, -0.25) is 0 Å². The molecule has 0 unspecified atom stereocenters. The number of hydrogen-bond donors (Lipinski definition) is 3. The first-order chi connectivity index (χ1) is 8.58. The number of ether oxygens (including phenoxy) is 1. The molecule has 20 heavy (non-hydrogen) atoms. The third-order valence-electron chi connectivity index (χ3n) is 2.10. The number of hydrogen-bond acceptors (Lipinski definition) is 6. The topological polar surface area (TPSA) is 110 Å². The summed E-state index contributed by atoms with van der Waals surface area (Å²) in [6, 6.07) is 1.49. The van der Waals surface area contributed by atoms with Gasteiger partial charge in [0.05, 0.1) is 18.4 Å². The van der Waals surface area contributed by atoms with Crippen LogP contribution in [0.4, 0.5) is 5.69 Å². The van der Waals surface area contributed by atoms with Crippen LogP contribution in [0.1, 0.15) is 16.1 Å². The minimum Gasteiger partial charge on any atom is -0.477 e. The van der Waals surface area contributed by atoms with Crippen LogP contribution in [0, 0.1) is 14.4 Å². The minimum absolute atomic E-state index is 0. The Bertz CT molecular complexity index is 464. The third kappa shape index (κ3) is 7.07. The van der Waals surface area contributed by atoms with E-state index in [2.05, 4.69) is 27.0 Å². The van der Waals surface area contributed by atoms with Crippen molar-refractivity contribution >= 4 is 17.6 Å². The number of nitrogens with zero attached hydrogens (tertiary/aromatic N) is 2. The molecule has 0 aliphatic carbocycles. The fraction of sp³-hybridized carbons (Fsp3) is 0.250. The van der Waals surface area contributed by atoms with E-state index in [1.54, 1.807) is 7.11 Å². The van der Waals surface area contributed by atoms with Crippen molar-refractivity contribution in [1.82, 2.24) is 4.98 Å². The molecule has 0 fully saturated rings. The standard InChI is InChI=1S/C8H8N4O2.C3H7O.CH3.Cs/c9-8-11-2-4-1-5(7(13)14)10-3-6(4)12-8;1-3-4-2;;/h1,3H,2H2,(H,13,14)(H3,9,11,12);1,3H2,2H3;1H3;/q;2*-1;+1. The normalized spacial score (nSPS) is 11.2. The van der Waals surface area contributed by atoms with Crippen molar-refractivity contribution in [1.29, 1.82) is 0 Å². The molecular formula is C12H18CsN4O3-. The van der Waals surface area contributed by atoms with Crippen molar-refractivity contribution in [2.75, 3.05) is 19.0 Å². The Morgan fingerprint density at radius 1 is 1.65 bits per heavy atom. The van der Waals surface area contributed by atoms with Gasteiger partial charge in [-0.2, -0.15) is 0 Å². The number of fused-ring (bicyclic) bond motifs is 1. The Kier molecular flexibility index (Phi) is 12.8. The second kappa shape index (κ2) is 11.5. The van der Waals surface area contributed by atoms with Gasteiger partial charge in [0.25, 0.3) is 0 Å². The maximum Gasteiger partial charge on any atom is 1.00 e. The van der Waals surface area contributed by atoms with E-state index in [-0.39, 0.29) is 82.0 Å². The second-order valence-electron chi connectivity index (χ2n) is 3.35. The molecule has 0 atom stereocenters. The third-order valence-corrected chi connectivity index (χ3v) is 2.10. The zero-order valence-corrected chi connectivity index (χ0v) is 18.3. The number of methoxy groups -OCH3 is 1. The fourth-order valence-corrected chi connectivity index (χ4v) is 1.21. The monoisotopic (exact) mass is 399 g/mol. The average Bonchev–Trinajstić information content (AvgIpc) is 2.38. The molecular weight excluding hydrogens is 381 g/mol.